The molecule has 0 aliphatic heterocycles. The maximum absolute atomic E-state index is 13.2. The third-order valence-corrected chi connectivity index (χ3v) is 3.29. The van der Waals surface area contributed by atoms with Gasteiger partial charge in [-0.25, -0.2) is 9.37 Å². The zero-order valence-corrected chi connectivity index (χ0v) is 13.1. The summed E-state index contributed by atoms with van der Waals surface area (Å²) in [6, 6.07) is 6.97. The predicted octanol–water partition coefficient (Wildman–Crippen LogP) is 4.11. The number of nitrogens with one attached hydrogen (secondary N) is 1. The Bertz CT molecular complexity index is 926. The maximum atomic E-state index is 13.2. The summed E-state index contributed by atoms with van der Waals surface area (Å²) >= 11 is 5.71. The van der Waals surface area contributed by atoms with Gasteiger partial charge >= 0.3 is 11.6 Å². The molecule has 3 aromatic rings. The van der Waals surface area contributed by atoms with E-state index in [-0.39, 0.29) is 22.5 Å². The van der Waals surface area contributed by atoms with Crippen LogP contribution in [0.25, 0.3) is 0 Å². The van der Waals surface area contributed by atoms with Gasteiger partial charge in [-0.1, -0.05) is 11.6 Å². The third-order valence-electron chi connectivity index (χ3n) is 3.00. The van der Waals surface area contributed by atoms with Gasteiger partial charge in [0.1, 0.15) is 17.9 Å². The molecule has 0 aliphatic carbocycles. The van der Waals surface area contributed by atoms with Crippen molar-refractivity contribution in [1.29, 1.82) is 0 Å². The van der Waals surface area contributed by atoms with Crippen molar-refractivity contribution in [3.63, 3.8) is 0 Å². The molecule has 126 valence electrons. The van der Waals surface area contributed by atoms with Crippen molar-refractivity contribution in [2.24, 2.45) is 0 Å². The van der Waals surface area contributed by atoms with E-state index < -0.39 is 16.4 Å². The van der Waals surface area contributed by atoms with Gasteiger partial charge in [0, 0.05) is 11.9 Å². The van der Waals surface area contributed by atoms with Crippen LogP contribution in [0, 0.1) is 15.9 Å². The number of halogens is 2. The van der Waals surface area contributed by atoms with Crippen LogP contribution in [0.5, 0.6) is 11.6 Å². The molecule has 0 amide bonds. The van der Waals surface area contributed by atoms with E-state index in [4.69, 9.17) is 16.3 Å². The molecule has 0 saturated heterocycles. The van der Waals surface area contributed by atoms with Crippen LogP contribution in [-0.4, -0.2) is 19.9 Å². The van der Waals surface area contributed by atoms with Crippen LogP contribution in [0.4, 0.5) is 21.6 Å². The van der Waals surface area contributed by atoms with Crippen molar-refractivity contribution < 1.29 is 14.1 Å². The second kappa shape index (κ2) is 7.05. The molecule has 0 atom stereocenters. The summed E-state index contributed by atoms with van der Waals surface area (Å²) in [7, 11) is 0. The average Bonchev–Trinajstić information content (AvgIpc) is 2.59. The minimum Gasteiger partial charge on any atom is -0.432 e. The third kappa shape index (κ3) is 3.78. The van der Waals surface area contributed by atoms with Crippen molar-refractivity contribution in [3.8, 4) is 11.6 Å². The Morgan fingerprint density at radius 2 is 2.12 bits per heavy atom. The molecule has 1 aromatic carbocycles. The van der Waals surface area contributed by atoms with Gasteiger partial charge in [0.15, 0.2) is 0 Å². The largest absolute Gasteiger partial charge is 0.432 e. The molecule has 0 saturated carbocycles. The summed E-state index contributed by atoms with van der Waals surface area (Å²) in [6.07, 6.45) is 4.03. The quantitative estimate of drug-likeness (QED) is 0.538. The number of ether oxygens (including phenoxy) is 1. The number of hydrogen-bond donors (Lipinski definition) is 1. The first-order chi connectivity index (χ1) is 12.0. The van der Waals surface area contributed by atoms with Crippen LogP contribution in [-0.2, 0) is 0 Å². The highest BCUT2D eigenvalue weighted by molar-refractivity contribution is 6.31. The van der Waals surface area contributed by atoms with Gasteiger partial charge in [-0.2, -0.15) is 4.98 Å². The van der Waals surface area contributed by atoms with Gasteiger partial charge in [-0.05, 0) is 30.3 Å². The molecular formula is C15H9ClFN5O3. The van der Waals surface area contributed by atoms with Gasteiger partial charge in [0.2, 0.25) is 5.82 Å². The van der Waals surface area contributed by atoms with E-state index in [1.165, 1.54) is 24.5 Å². The van der Waals surface area contributed by atoms with Gasteiger partial charge in [-0.15, -0.1) is 0 Å². The topological polar surface area (TPSA) is 103 Å². The van der Waals surface area contributed by atoms with E-state index >= 15 is 0 Å². The zero-order valence-electron chi connectivity index (χ0n) is 12.4. The molecule has 0 spiro atoms. The Morgan fingerprint density at radius 1 is 1.28 bits per heavy atom. The summed E-state index contributed by atoms with van der Waals surface area (Å²) in [5.41, 5.74) is -0.160. The Labute approximate surface area is 145 Å². The predicted molar refractivity (Wildman–Crippen MR) is 87.7 cm³/mol. The van der Waals surface area contributed by atoms with E-state index in [1.807, 2.05) is 0 Å². The van der Waals surface area contributed by atoms with Crippen molar-refractivity contribution in [2.75, 3.05) is 5.32 Å². The lowest BCUT2D eigenvalue weighted by atomic mass is 10.3. The average molecular weight is 362 g/mol. The number of benzene rings is 1. The number of anilines is 2. The second-order valence-corrected chi connectivity index (χ2v) is 5.09. The molecule has 0 unspecified atom stereocenters. The van der Waals surface area contributed by atoms with Crippen molar-refractivity contribution in [1.82, 2.24) is 15.0 Å². The highest BCUT2D eigenvalue weighted by Crippen LogP contribution is 2.35. The van der Waals surface area contributed by atoms with Crippen molar-refractivity contribution in [3.05, 3.63) is 70.0 Å². The van der Waals surface area contributed by atoms with E-state index in [0.29, 0.717) is 5.69 Å². The first kappa shape index (κ1) is 16.5. The van der Waals surface area contributed by atoms with E-state index in [0.717, 1.165) is 12.4 Å². The molecule has 25 heavy (non-hydrogen) atoms. The smallest absolute Gasteiger partial charge is 0.373 e. The van der Waals surface area contributed by atoms with Crippen LogP contribution >= 0.6 is 11.6 Å². The summed E-state index contributed by atoms with van der Waals surface area (Å²) < 4.78 is 18.6. The maximum Gasteiger partial charge on any atom is 0.373 e. The standard InChI is InChI=1S/C15H9ClFN5O3/c16-11-6-9(3-4-12(11)17)21-14-13(22(23)24)15(20-8-19-14)25-10-2-1-5-18-7-10/h1-8H,(H,19,20,21). The van der Waals surface area contributed by atoms with E-state index in [1.54, 1.807) is 12.1 Å². The molecule has 0 radical (unpaired) electrons. The number of rotatable bonds is 5. The number of nitrogens with zero attached hydrogens (tertiary/aromatic N) is 4. The normalized spacial score (nSPS) is 10.3. The van der Waals surface area contributed by atoms with Gasteiger partial charge in [0.05, 0.1) is 16.1 Å². The zero-order chi connectivity index (χ0) is 17.8. The molecule has 0 bridgehead atoms. The Kier molecular flexibility index (Phi) is 4.66. The fourth-order valence-corrected chi connectivity index (χ4v) is 2.10. The molecule has 8 nitrogen and oxygen atoms in total. The summed E-state index contributed by atoms with van der Waals surface area (Å²) in [6.45, 7) is 0. The van der Waals surface area contributed by atoms with Crippen molar-refractivity contribution in [2.45, 2.75) is 0 Å². The fraction of sp³-hybridized carbons (Fsp3) is 0. The second-order valence-electron chi connectivity index (χ2n) is 4.68. The van der Waals surface area contributed by atoms with Crippen LogP contribution < -0.4 is 10.1 Å². The molecular weight excluding hydrogens is 353 g/mol. The molecule has 1 N–H and O–H groups in total. The van der Waals surface area contributed by atoms with Gasteiger partial charge in [-0.3, -0.25) is 15.1 Å². The van der Waals surface area contributed by atoms with Gasteiger partial charge in [0.25, 0.3) is 0 Å². The monoisotopic (exact) mass is 361 g/mol. The SMILES string of the molecule is O=[N+]([O-])c1c(Nc2ccc(F)c(Cl)c2)ncnc1Oc1cccnc1. The first-order valence-corrected chi connectivity index (χ1v) is 7.21. The minimum atomic E-state index is -0.681. The number of aromatic nitrogens is 3. The van der Waals surface area contributed by atoms with Crippen molar-refractivity contribution >= 4 is 28.8 Å². The summed E-state index contributed by atoms with van der Waals surface area (Å²) in [4.78, 5) is 22.3. The number of pyridine rings is 1. The van der Waals surface area contributed by atoms with Crippen LogP contribution in [0.1, 0.15) is 0 Å². The molecule has 2 heterocycles. The number of hydrogen-bond acceptors (Lipinski definition) is 7. The molecule has 10 heteroatoms. The lowest BCUT2D eigenvalue weighted by Crippen LogP contribution is -2.03. The van der Waals surface area contributed by atoms with Crippen LogP contribution in [0.2, 0.25) is 5.02 Å². The highest BCUT2D eigenvalue weighted by atomic mass is 35.5. The van der Waals surface area contributed by atoms with Crippen LogP contribution in [0.15, 0.2) is 49.1 Å². The lowest BCUT2D eigenvalue weighted by molar-refractivity contribution is -0.385. The Hall–Kier alpha value is -3.33. The lowest BCUT2D eigenvalue weighted by Gasteiger charge is -2.09. The van der Waals surface area contributed by atoms with E-state index in [9.17, 15) is 14.5 Å². The fourth-order valence-electron chi connectivity index (χ4n) is 1.92. The van der Waals surface area contributed by atoms with Gasteiger partial charge < -0.3 is 10.1 Å². The Balaban J connectivity index is 1.97. The molecule has 3 rings (SSSR count). The Morgan fingerprint density at radius 3 is 2.80 bits per heavy atom. The summed E-state index contributed by atoms with van der Waals surface area (Å²) in [5, 5.41) is 14.0. The highest BCUT2D eigenvalue weighted by Gasteiger charge is 2.25. The molecule has 0 aliphatic rings. The van der Waals surface area contributed by atoms with E-state index in [2.05, 4.69) is 20.3 Å². The first-order valence-electron chi connectivity index (χ1n) is 6.84. The summed E-state index contributed by atoms with van der Waals surface area (Å²) in [5.74, 6) is -0.713. The number of nitro groups is 1. The molecule has 2 aromatic heterocycles. The minimum absolute atomic E-state index is 0.124. The molecule has 0 fully saturated rings. The van der Waals surface area contributed by atoms with Crippen LogP contribution in [0.3, 0.4) is 0 Å².